The lowest BCUT2D eigenvalue weighted by Gasteiger charge is -2.13. The van der Waals surface area contributed by atoms with Crippen LogP contribution in [0.4, 0.5) is 0 Å². The highest BCUT2D eigenvalue weighted by atomic mass is 79.9. The molecule has 0 spiro atoms. The van der Waals surface area contributed by atoms with E-state index in [1.165, 1.54) is 0 Å². The van der Waals surface area contributed by atoms with Crippen LogP contribution in [0.2, 0.25) is 5.02 Å². The van der Waals surface area contributed by atoms with E-state index < -0.39 is 6.10 Å². The summed E-state index contributed by atoms with van der Waals surface area (Å²) in [7, 11) is 0. The molecule has 0 fully saturated rings. The van der Waals surface area contributed by atoms with Crippen LogP contribution in [0.3, 0.4) is 0 Å². The van der Waals surface area contributed by atoms with Gasteiger partial charge in [-0.1, -0.05) is 23.7 Å². The van der Waals surface area contributed by atoms with Gasteiger partial charge in [0, 0.05) is 28.9 Å². The van der Waals surface area contributed by atoms with Crippen molar-refractivity contribution in [2.24, 2.45) is 0 Å². The van der Waals surface area contributed by atoms with Gasteiger partial charge in [0.25, 0.3) is 0 Å². The van der Waals surface area contributed by atoms with Gasteiger partial charge in [0.2, 0.25) is 0 Å². The first-order chi connectivity index (χ1) is 8.18. The molecule has 0 bridgehead atoms. The molecule has 0 radical (unpaired) electrons. The Kier molecular flexibility index (Phi) is 4.15. The number of aromatic nitrogens is 1. The average molecular weight is 313 g/mol. The molecular weight excluding hydrogens is 302 g/mol. The van der Waals surface area contributed by atoms with Gasteiger partial charge in [-0.05, 0) is 39.7 Å². The number of aliphatic hydroxyl groups excluding tert-OH is 1. The molecule has 1 N–H and O–H groups in total. The van der Waals surface area contributed by atoms with Gasteiger partial charge < -0.3 is 5.11 Å². The Morgan fingerprint density at radius 1 is 1.24 bits per heavy atom. The first kappa shape index (κ1) is 12.6. The van der Waals surface area contributed by atoms with Gasteiger partial charge in [0.15, 0.2) is 0 Å². The number of halogens is 2. The third kappa shape index (κ3) is 3.06. The molecule has 0 saturated heterocycles. The smallest absolute Gasteiger partial charge is 0.0845 e. The van der Waals surface area contributed by atoms with Crippen molar-refractivity contribution in [1.29, 1.82) is 0 Å². The average Bonchev–Trinajstić information content (AvgIpc) is 2.34. The highest BCUT2D eigenvalue weighted by Crippen LogP contribution is 2.31. The first-order valence-corrected chi connectivity index (χ1v) is 6.36. The van der Waals surface area contributed by atoms with Crippen LogP contribution in [0.15, 0.2) is 47.2 Å². The summed E-state index contributed by atoms with van der Waals surface area (Å²) in [5, 5.41) is 10.7. The van der Waals surface area contributed by atoms with Crippen LogP contribution >= 0.6 is 27.5 Å². The molecule has 0 aliphatic heterocycles. The summed E-state index contributed by atoms with van der Waals surface area (Å²) in [6.07, 6.45) is 3.34. The molecule has 1 atom stereocenters. The number of nitrogens with zero attached hydrogens (tertiary/aromatic N) is 1. The lowest BCUT2D eigenvalue weighted by molar-refractivity contribution is 0.178. The Morgan fingerprint density at radius 2 is 1.94 bits per heavy atom. The van der Waals surface area contributed by atoms with Gasteiger partial charge >= 0.3 is 0 Å². The first-order valence-electron chi connectivity index (χ1n) is 5.19. The minimum Gasteiger partial charge on any atom is -0.388 e. The van der Waals surface area contributed by atoms with Crippen molar-refractivity contribution in [2.45, 2.75) is 12.5 Å². The van der Waals surface area contributed by atoms with Gasteiger partial charge in [-0.15, -0.1) is 0 Å². The molecule has 17 heavy (non-hydrogen) atoms. The third-order valence-corrected chi connectivity index (χ3v) is 3.83. The molecule has 1 aromatic carbocycles. The lowest BCUT2D eigenvalue weighted by Crippen LogP contribution is -2.02. The Morgan fingerprint density at radius 3 is 2.65 bits per heavy atom. The van der Waals surface area contributed by atoms with Crippen LogP contribution in [0.5, 0.6) is 0 Å². The minimum atomic E-state index is -0.609. The second-order valence-electron chi connectivity index (χ2n) is 3.72. The maximum absolute atomic E-state index is 10.2. The zero-order chi connectivity index (χ0) is 12.3. The number of rotatable bonds is 3. The largest absolute Gasteiger partial charge is 0.388 e. The van der Waals surface area contributed by atoms with Crippen molar-refractivity contribution >= 4 is 27.5 Å². The molecule has 0 aliphatic carbocycles. The molecule has 1 aromatic heterocycles. The number of pyridine rings is 1. The monoisotopic (exact) mass is 311 g/mol. The fraction of sp³-hybridized carbons (Fsp3) is 0.154. The van der Waals surface area contributed by atoms with E-state index in [1.807, 2.05) is 30.3 Å². The van der Waals surface area contributed by atoms with E-state index in [-0.39, 0.29) is 0 Å². The van der Waals surface area contributed by atoms with Crippen LogP contribution in [-0.4, -0.2) is 10.1 Å². The second-order valence-corrected chi connectivity index (χ2v) is 4.95. The predicted octanol–water partition coefficient (Wildman–Crippen LogP) is 3.77. The van der Waals surface area contributed by atoms with Crippen molar-refractivity contribution in [3.05, 3.63) is 63.3 Å². The summed E-state index contributed by atoms with van der Waals surface area (Å²) >= 11 is 9.48. The van der Waals surface area contributed by atoms with Gasteiger partial charge in [0.1, 0.15) is 0 Å². The standard InChI is InChI=1S/C13H11BrClNO/c14-11-3-1-2-10(13(11)15)12(17)8-9-4-6-16-7-5-9/h1-7,12,17H,8H2. The normalized spacial score (nSPS) is 12.4. The van der Waals surface area contributed by atoms with Crippen LogP contribution in [-0.2, 0) is 6.42 Å². The molecule has 0 saturated carbocycles. The van der Waals surface area contributed by atoms with E-state index in [0.717, 1.165) is 15.6 Å². The number of aliphatic hydroxyl groups is 1. The summed E-state index contributed by atoms with van der Waals surface area (Å²) in [6.45, 7) is 0. The van der Waals surface area contributed by atoms with E-state index in [9.17, 15) is 5.11 Å². The summed E-state index contributed by atoms with van der Waals surface area (Å²) in [6, 6.07) is 9.31. The number of hydrogen-bond donors (Lipinski definition) is 1. The van der Waals surface area contributed by atoms with Crippen molar-refractivity contribution in [3.8, 4) is 0 Å². The maximum atomic E-state index is 10.2. The molecule has 0 aliphatic rings. The molecule has 1 heterocycles. The van der Waals surface area contributed by atoms with E-state index >= 15 is 0 Å². The van der Waals surface area contributed by atoms with E-state index in [4.69, 9.17) is 11.6 Å². The molecule has 0 amide bonds. The fourth-order valence-corrected chi connectivity index (χ4v) is 2.26. The van der Waals surface area contributed by atoms with Crippen molar-refractivity contribution < 1.29 is 5.11 Å². The SMILES string of the molecule is OC(Cc1ccncc1)c1cccc(Br)c1Cl. The Hall–Kier alpha value is -0.900. The zero-order valence-corrected chi connectivity index (χ0v) is 11.3. The van der Waals surface area contributed by atoms with Crippen molar-refractivity contribution in [1.82, 2.24) is 4.98 Å². The molecule has 4 heteroatoms. The predicted molar refractivity (Wildman–Crippen MR) is 72.1 cm³/mol. The van der Waals surface area contributed by atoms with Crippen molar-refractivity contribution in [3.63, 3.8) is 0 Å². The number of hydrogen-bond acceptors (Lipinski definition) is 2. The number of benzene rings is 1. The Balaban J connectivity index is 2.20. The van der Waals surface area contributed by atoms with Gasteiger partial charge in [0.05, 0.1) is 11.1 Å². The van der Waals surface area contributed by atoms with E-state index in [0.29, 0.717) is 11.4 Å². The van der Waals surface area contributed by atoms with E-state index in [1.54, 1.807) is 12.4 Å². The van der Waals surface area contributed by atoms with Crippen LogP contribution in [0, 0.1) is 0 Å². The molecule has 2 aromatic rings. The highest BCUT2D eigenvalue weighted by molar-refractivity contribution is 9.10. The van der Waals surface area contributed by atoms with Gasteiger partial charge in [-0.3, -0.25) is 4.98 Å². The van der Waals surface area contributed by atoms with Crippen LogP contribution < -0.4 is 0 Å². The fourth-order valence-electron chi connectivity index (χ4n) is 1.63. The molecule has 2 nitrogen and oxygen atoms in total. The summed E-state index contributed by atoms with van der Waals surface area (Å²) < 4.78 is 0.797. The van der Waals surface area contributed by atoms with Crippen LogP contribution in [0.25, 0.3) is 0 Å². The molecule has 2 rings (SSSR count). The summed E-state index contributed by atoms with van der Waals surface area (Å²) in [5.41, 5.74) is 1.77. The van der Waals surface area contributed by atoms with E-state index in [2.05, 4.69) is 20.9 Å². The summed E-state index contributed by atoms with van der Waals surface area (Å²) in [4.78, 5) is 3.94. The van der Waals surface area contributed by atoms with Gasteiger partial charge in [-0.2, -0.15) is 0 Å². The Bertz CT molecular complexity index is 504. The zero-order valence-electron chi connectivity index (χ0n) is 8.98. The van der Waals surface area contributed by atoms with Crippen molar-refractivity contribution in [2.75, 3.05) is 0 Å². The van der Waals surface area contributed by atoms with Crippen LogP contribution in [0.1, 0.15) is 17.2 Å². The summed E-state index contributed by atoms with van der Waals surface area (Å²) in [5.74, 6) is 0. The minimum absolute atomic E-state index is 0.526. The third-order valence-electron chi connectivity index (χ3n) is 2.52. The van der Waals surface area contributed by atoms with Gasteiger partial charge in [-0.25, -0.2) is 0 Å². The Labute approximate surface area is 113 Å². The lowest BCUT2D eigenvalue weighted by atomic mass is 10.0. The highest BCUT2D eigenvalue weighted by Gasteiger charge is 2.13. The second kappa shape index (κ2) is 5.63. The topological polar surface area (TPSA) is 33.1 Å². The molecular formula is C13H11BrClNO. The maximum Gasteiger partial charge on any atom is 0.0845 e. The quantitative estimate of drug-likeness (QED) is 0.936. The molecule has 88 valence electrons. The molecule has 1 unspecified atom stereocenters.